The second-order valence-corrected chi connectivity index (χ2v) is 5.81. The van der Waals surface area contributed by atoms with Gasteiger partial charge in [0.1, 0.15) is 5.75 Å². The van der Waals surface area contributed by atoms with E-state index in [0.717, 1.165) is 18.8 Å². The molecule has 0 spiro atoms. The van der Waals surface area contributed by atoms with Crippen LogP contribution in [0, 0.1) is 0 Å². The van der Waals surface area contributed by atoms with Crippen molar-refractivity contribution in [2.24, 2.45) is 0 Å². The predicted octanol–water partition coefficient (Wildman–Crippen LogP) is 4.37. The fourth-order valence-corrected chi connectivity index (χ4v) is 2.21. The smallest absolute Gasteiger partial charge is 0.404 e. The number of phosphoric acid groups is 1. The molecule has 0 amide bonds. The number of rotatable bonds is 6. The van der Waals surface area contributed by atoms with Gasteiger partial charge in [-0.2, -0.15) is 0 Å². The van der Waals surface area contributed by atoms with Gasteiger partial charge in [0.2, 0.25) is 0 Å². The average molecular weight is 350 g/mol. The molecule has 0 radical (unpaired) electrons. The third-order valence-corrected chi connectivity index (χ3v) is 3.23. The van der Waals surface area contributed by atoms with Crippen molar-refractivity contribution in [3.63, 3.8) is 0 Å². The lowest BCUT2D eigenvalue weighted by atomic mass is 10.1. The second-order valence-electron chi connectivity index (χ2n) is 4.65. The molecule has 24 heavy (non-hydrogen) atoms. The van der Waals surface area contributed by atoms with Gasteiger partial charge in [-0.15, -0.1) is 0 Å². The third-order valence-electron chi connectivity index (χ3n) is 2.80. The van der Waals surface area contributed by atoms with E-state index >= 15 is 0 Å². The zero-order valence-corrected chi connectivity index (χ0v) is 14.7. The molecule has 0 aliphatic heterocycles. The molecule has 0 aliphatic carbocycles. The van der Waals surface area contributed by atoms with Crippen LogP contribution in [0.2, 0.25) is 0 Å². The van der Waals surface area contributed by atoms with Crippen molar-refractivity contribution in [2.45, 2.75) is 13.8 Å². The van der Waals surface area contributed by atoms with Crippen molar-refractivity contribution >= 4 is 20.0 Å². The van der Waals surface area contributed by atoms with Crippen molar-refractivity contribution in [2.75, 3.05) is 13.2 Å². The van der Waals surface area contributed by atoms with Crippen LogP contribution in [0.15, 0.2) is 54.6 Å². The lowest BCUT2D eigenvalue weighted by Gasteiger charge is -2.09. The molecule has 0 fully saturated rings. The number of hydrogen-bond donors (Lipinski definition) is 2. The number of hydrogen-bond acceptors (Lipinski definition) is 3. The molecule has 0 unspecified atom stereocenters. The number of phosphoric ester groups is 1. The standard InChI is InChI=1S/C14H13O4P.C4H10O/c15-19(16,17)18-14-9-5-4-8-13(14)11-10-12-6-2-1-3-7-12;1-3-5-4-2/h1-11H,(H2,15,16,17);3-4H2,1-2H3/b11-10+;. The van der Waals surface area contributed by atoms with E-state index in [1.54, 1.807) is 24.3 Å². The molecule has 0 saturated heterocycles. The first kappa shape index (κ1) is 20.1. The van der Waals surface area contributed by atoms with E-state index in [1.807, 2.05) is 50.3 Å². The summed E-state index contributed by atoms with van der Waals surface area (Å²) in [6, 6.07) is 16.3. The molecule has 2 rings (SSSR count). The third kappa shape index (κ3) is 8.65. The van der Waals surface area contributed by atoms with Crippen LogP contribution in [0.3, 0.4) is 0 Å². The van der Waals surface area contributed by atoms with Crippen LogP contribution < -0.4 is 4.52 Å². The van der Waals surface area contributed by atoms with E-state index in [4.69, 9.17) is 14.5 Å². The van der Waals surface area contributed by atoms with Crippen LogP contribution in [0.5, 0.6) is 5.75 Å². The molecule has 2 N–H and O–H groups in total. The van der Waals surface area contributed by atoms with Gasteiger partial charge in [0.05, 0.1) is 0 Å². The summed E-state index contributed by atoms with van der Waals surface area (Å²) in [5, 5.41) is 0. The van der Waals surface area contributed by atoms with Crippen LogP contribution >= 0.6 is 7.82 Å². The highest BCUT2D eigenvalue weighted by Gasteiger charge is 2.17. The zero-order chi connectivity index (χ0) is 17.8. The number of para-hydroxylation sites is 1. The Labute approximate surface area is 142 Å². The van der Waals surface area contributed by atoms with E-state index in [0.29, 0.717) is 5.56 Å². The van der Waals surface area contributed by atoms with Crippen molar-refractivity contribution in [3.8, 4) is 5.75 Å². The highest BCUT2D eigenvalue weighted by atomic mass is 31.2. The zero-order valence-electron chi connectivity index (χ0n) is 13.8. The van der Waals surface area contributed by atoms with Crippen molar-refractivity contribution < 1.29 is 23.6 Å². The van der Waals surface area contributed by atoms with Gasteiger partial charge >= 0.3 is 7.82 Å². The summed E-state index contributed by atoms with van der Waals surface area (Å²) in [7, 11) is -4.54. The molecule has 2 aromatic rings. The summed E-state index contributed by atoms with van der Waals surface area (Å²) in [5.41, 5.74) is 1.60. The Balaban J connectivity index is 0.000000505. The molecule has 6 heteroatoms. The molecule has 0 aromatic heterocycles. The Bertz CT molecular complexity index is 662. The van der Waals surface area contributed by atoms with Gasteiger partial charge in [-0.1, -0.05) is 60.7 Å². The van der Waals surface area contributed by atoms with Crippen LogP contribution in [0.4, 0.5) is 0 Å². The second kappa shape index (κ2) is 10.8. The van der Waals surface area contributed by atoms with Gasteiger partial charge in [-0.3, -0.25) is 9.79 Å². The van der Waals surface area contributed by atoms with E-state index in [1.165, 1.54) is 6.07 Å². The van der Waals surface area contributed by atoms with Gasteiger partial charge in [0.15, 0.2) is 0 Å². The number of benzene rings is 2. The van der Waals surface area contributed by atoms with Crippen molar-refractivity contribution in [1.29, 1.82) is 0 Å². The van der Waals surface area contributed by atoms with Gasteiger partial charge in [-0.25, -0.2) is 4.57 Å². The van der Waals surface area contributed by atoms with Crippen LogP contribution in [0.25, 0.3) is 12.2 Å². The van der Waals surface area contributed by atoms with Gasteiger partial charge in [0, 0.05) is 18.8 Å². The summed E-state index contributed by atoms with van der Waals surface area (Å²) in [6.45, 7) is 5.67. The molecule has 0 bridgehead atoms. The molecule has 2 aromatic carbocycles. The Morgan fingerprint density at radius 3 is 2.04 bits per heavy atom. The molecule has 0 saturated carbocycles. The Morgan fingerprint density at radius 1 is 0.917 bits per heavy atom. The van der Waals surface area contributed by atoms with Gasteiger partial charge in [0.25, 0.3) is 0 Å². The predicted molar refractivity (Wildman–Crippen MR) is 96.7 cm³/mol. The molecule has 0 atom stereocenters. The molecule has 0 aliphatic rings. The van der Waals surface area contributed by atoms with E-state index in [9.17, 15) is 4.57 Å². The largest absolute Gasteiger partial charge is 0.524 e. The Morgan fingerprint density at radius 2 is 1.50 bits per heavy atom. The molecular weight excluding hydrogens is 327 g/mol. The van der Waals surface area contributed by atoms with E-state index in [-0.39, 0.29) is 5.75 Å². The highest BCUT2D eigenvalue weighted by Crippen LogP contribution is 2.39. The van der Waals surface area contributed by atoms with E-state index in [2.05, 4.69) is 4.52 Å². The quantitative estimate of drug-likeness (QED) is 0.598. The maximum Gasteiger partial charge on any atom is 0.524 e. The number of ether oxygens (including phenoxy) is 1. The maximum atomic E-state index is 10.9. The van der Waals surface area contributed by atoms with Crippen LogP contribution in [0.1, 0.15) is 25.0 Å². The topological polar surface area (TPSA) is 76.0 Å². The van der Waals surface area contributed by atoms with Crippen LogP contribution in [-0.4, -0.2) is 23.0 Å². The fraction of sp³-hybridized carbons (Fsp3) is 0.222. The molecule has 130 valence electrons. The minimum Gasteiger partial charge on any atom is -0.404 e. The maximum absolute atomic E-state index is 10.9. The first-order chi connectivity index (χ1) is 11.5. The Kier molecular flexibility index (Phi) is 9.05. The normalized spacial score (nSPS) is 11.0. The lowest BCUT2D eigenvalue weighted by Crippen LogP contribution is -1.92. The van der Waals surface area contributed by atoms with Crippen molar-refractivity contribution in [3.05, 3.63) is 65.7 Å². The summed E-state index contributed by atoms with van der Waals surface area (Å²) in [6.07, 6.45) is 3.60. The minimum atomic E-state index is -4.54. The summed E-state index contributed by atoms with van der Waals surface area (Å²) >= 11 is 0. The van der Waals surface area contributed by atoms with Gasteiger partial charge in [-0.05, 0) is 25.5 Å². The molecule has 0 heterocycles. The summed E-state index contributed by atoms with van der Waals surface area (Å²) in [4.78, 5) is 17.7. The van der Waals surface area contributed by atoms with Crippen LogP contribution in [-0.2, 0) is 9.30 Å². The highest BCUT2D eigenvalue weighted by molar-refractivity contribution is 7.46. The molecule has 5 nitrogen and oxygen atoms in total. The SMILES string of the molecule is CCOCC.O=P(O)(O)Oc1ccccc1/C=C/c1ccccc1. The first-order valence-electron chi connectivity index (χ1n) is 7.61. The lowest BCUT2D eigenvalue weighted by molar-refractivity contribution is 0.162. The summed E-state index contributed by atoms with van der Waals surface area (Å²) < 4.78 is 20.3. The average Bonchev–Trinajstić information content (AvgIpc) is 2.55. The Hall–Kier alpha value is -1.91. The van der Waals surface area contributed by atoms with E-state index < -0.39 is 7.82 Å². The molecular formula is C18H23O5P. The van der Waals surface area contributed by atoms with Gasteiger partial charge < -0.3 is 9.26 Å². The first-order valence-corrected chi connectivity index (χ1v) is 9.14. The summed E-state index contributed by atoms with van der Waals surface area (Å²) in [5.74, 6) is 0.156. The monoisotopic (exact) mass is 350 g/mol. The van der Waals surface area contributed by atoms with Crippen molar-refractivity contribution in [1.82, 2.24) is 0 Å². The fourth-order valence-electron chi connectivity index (χ4n) is 1.78. The minimum absolute atomic E-state index is 0.156.